The van der Waals surface area contributed by atoms with Crippen LogP contribution in [-0.2, 0) is 11.8 Å². The molecule has 2 fully saturated rings. The van der Waals surface area contributed by atoms with Crippen molar-refractivity contribution in [3.05, 3.63) is 74.9 Å². The number of aromatic nitrogens is 2. The van der Waals surface area contributed by atoms with Crippen molar-refractivity contribution in [3.8, 4) is 5.69 Å². The molecule has 0 aliphatic heterocycles. The van der Waals surface area contributed by atoms with E-state index in [0.29, 0.717) is 32.8 Å². The average Bonchev–Trinajstić information content (AvgIpc) is 3.51. The van der Waals surface area contributed by atoms with Gasteiger partial charge in [0.25, 0.3) is 5.56 Å². The summed E-state index contributed by atoms with van der Waals surface area (Å²) in [5.74, 6) is 1.01. The lowest BCUT2D eigenvalue weighted by Crippen LogP contribution is -2.53. The predicted octanol–water partition coefficient (Wildman–Crippen LogP) is 6.10. The Labute approximate surface area is 203 Å². The monoisotopic (exact) mass is 482 g/mol. The Morgan fingerprint density at radius 2 is 2.06 bits per heavy atom. The number of aromatic amines is 1. The summed E-state index contributed by atoms with van der Waals surface area (Å²) in [6, 6.07) is 8.20. The molecule has 0 amide bonds. The minimum absolute atomic E-state index is 0.165. The van der Waals surface area contributed by atoms with Crippen molar-refractivity contribution >= 4 is 39.9 Å². The predicted molar refractivity (Wildman–Crippen MR) is 137 cm³/mol. The second kappa shape index (κ2) is 7.78. The fourth-order valence-electron chi connectivity index (χ4n) is 5.71. The smallest absolute Gasteiger partial charge is 0.279 e. The van der Waals surface area contributed by atoms with Gasteiger partial charge < -0.3 is 9.88 Å². The van der Waals surface area contributed by atoms with Gasteiger partial charge in [0.05, 0.1) is 15.5 Å². The van der Waals surface area contributed by atoms with Crippen LogP contribution in [0.2, 0.25) is 10.0 Å². The van der Waals surface area contributed by atoms with Crippen LogP contribution in [0, 0.1) is 5.41 Å². The van der Waals surface area contributed by atoms with Gasteiger partial charge in [-0.05, 0) is 61.4 Å². The standard InChI is InChI=1S/C26H28Cl2N4O/c1-5-19-21(28)20-18(27)13-32(23(33)22(20)30-19)17-9-7-8-16(12-17)26(14-25(15-26)10-11-25)24(29-3)31(4)6-2/h6-9,12-13,30H,2,5,10-11,14-15H2,1,3-4H3. The van der Waals surface area contributed by atoms with E-state index in [0.717, 1.165) is 35.6 Å². The van der Waals surface area contributed by atoms with Crippen molar-refractivity contribution in [2.75, 3.05) is 14.1 Å². The summed E-state index contributed by atoms with van der Waals surface area (Å²) in [6.07, 6.45) is 8.86. The van der Waals surface area contributed by atoms with E-state index in [9.17, 15) is 4.79 Å². The number of aryl methyl sites for hydroxylation is 1. The summed E-state index contributed by atoms with van der Waals surface area (Å²) in [4.78, 5) is 23.3. The van der Waals surface area contributed by atoms with E-state index in [1.54, 1.807) is 10.8 Å². The number of fused-ring (bicyclic) bond motifs is 1. The quantitative estimate of drug-likeness (QED) is 0.352. The topological polar surface area (TPSA) is 53.4 Å². The molecule has 2 aromatic heterocycles. The summed E-state index contributed by atoms with van der Waals surface area (Å²) in [5.41, 5.74) is 3.29. The van der Waals surface area contributed by atoms with Gasteiger partial charge in [0, 0.05) is 37.1 Å². The lowest BCUT2D eigenvalue weighted by molar-refractivity contribution is 0.173. The van der Waals surface area contributed by atoms with Gasteiger partial charge in [0.1, 0.15) is 11.4 Å². The largest absolute Gasteiger partial charge is 0.353 e. The van der Waals surface area contributed by atoms with Crippen LogP contribution >= 0.6 is 23.2 Å². The summed E-state index contributed by atoms with van der Waals surface area (Å²) in [6.45, 7) is 5.94. The number of H-pyrrole nitrogens is 1. The van der Waals surface area contributed by atoms with Gasteiger partial charge in [-0.15, -0.1) is 0 Å². The number of likely N-dealkylation sites (N-methyl/N-ethyl adjacent to an activating group) is 1. The first kappa shape index (κ1) is 22.3. The highest BCUT2D eigenvalue weighted by molar-refractivity contribution is 6.42. The van der Waals surface area contributed by atoms with E-state index in [1.165, 1.54) is 12.8 Å². The zero-order valence-electron chi connectivity index (χ0n) is 19.2. The molecule has 1 aromatic carbocycles. The number of halogens is 2. The van der Waals surface area contributed by atoms with Crippen LogP contribution in [0.25, 0.3) is 16.6 Å². The van der Waals surface area contributed by atoms with Crippen molar-refractivity contribution in [1.29, 1.82) is 0 Å². The normalized spacial score (nSPS) is 18.4. The van der Waals surface area contributed by atoms with Gasteiger partial charge in [-0.1, -0.05) is 48.8 Å². The molecular formula is C26H28Cl2N4O. The molecule has 0 bridgehead atoms. The second-order valence-corrected chi connectivity index (χ2v) is 10.3. The van der Waals surface area contributed by atoms with E-state index in [1.807, 2.05) is 44.3 Å². The molecule has 33 heavy (non-hydrogen) atoms. The molecule has 7 heteroatoms. The number of hydrogen-bond acceptors (Lipinski definition) is 2. The van der Waals surface area contributed by atoms with Crippen molar-refractivity contribution in [2.24, 2.45) is 10.4 Å². The molecule has 5 rings (SSSR count). The van der Waals surface area contributed by atoms with Crippen LogP contribution in [0.5, 0.6) is 0 Å². The molecule has 0 atom stereocenters. The molecule has 2 saturated carbocycles. The van der Waals surface area contributed by atoms with E-state index < -0.39 is 0 Å². The third-order valence-electron chi connectivity index (χ3n) is 7.51. The van der Waals surface area contributed by atoms with Crippen LogP contribution in [0.3, 0.4) is 0 Å². The number of aliphatic imine (C=N–C) groups is 1. The maximum absolute atomic E-state index is 13.4. The molecule has 0 saturated heterocycles. The zero-order valence-corrected chi connectivity index (χ0v) is 20.7. The first-order valence-corrected chi connectivity index (χ1v) is 12.1. The van der Waals surface area contributed by atoms with E-state index in [2.05, 4.69) is 28.7 Å². The highest BCUT2D eigenvalue weighted by Gasteiger charge is 2.63. The highest BCUT2D eigenvalue weighted by Crippen LogP contribution is 2.69. The summed E-state index contributed by atoms with van der Waals surface area (Å²) in [5, 5.41) is 1.56. The van der Waals surface area contributed by atoms with Gasteiger partial charge in [0.15, 0.2) is 0 Å². The first-order valence-electron chi connectivity index (χ1n) is 11.3. The Balaban J connectivity index is 1.65. The minimum Gasteiger partial charge on any atom is -0.353 e. The van der Waals surface area contributed by atoms with Crippen molar-refractivity contribution in [3.63, 3.8) is 0 Å². The van der Waals surface area contributed by atoms with Gasteiger partial charge >= 0.3 is 0 Å². The van der Waals surface area contributed by atoms with Crippen molar-refractivity contribution < 1.29 is 0 Å². The van der Waals surface area contributed by atoms with Crippen molar-refractivity contribution in [1.82, 2.24) is 14.5 Å². The van der Waals surface area contributed by atoms with Crippen LogP contribution in [0.15, 0.2) is 53.0 Å². The third-order valence-corrected chi connectivity index (χ3v) is 8.22. The number of amidine groups is 1. The van der Waals surface area contributed by atoms with Crippen LogP contribution < -0.4 is 5.56 Å². The average molecular weight is 483 g/mol. The first-order chi connectivity index (χ1) is 15.8. The van der Waals surface area contributed by atoms with E-state index >= 15 is 0 Å². The molecule has 2 aliphatic carbocycles. The van der Waals surface area contributed by atoms with Crippen molar-refractivity contribution in [2.45, 2.75) is 44.4 Å². The Kier molecular flexibility index (Phi) is 5.26. The zero-order chi connectivity index (χ0) is 23.5. The molecule has 172 valence electrons. The number of nitrogens with zero attached hydrogens (tertiary/aromatic N) is 3. The van der Waals surface area contributed by atoms with Gasteiger partial charge in [-0.2, -0.15) is 0 Å². The Hall–Kier alpha value is -2.50. The Morgan fingerprint density at radius 3 is 2.67 bits per heavy atom. The van der Waals surface area contributed by atoms with E-state index in [4.69, 9.17) is 23.2 Å². The van der Waals surface area contributed by atoms with Crippen LogP contribution in [0.1, 0.15) is 43.9 Å². The summed E-state index contributed by atoms with van der Waals surface area (Å²) >= 11 is 13.1. The van der Waals surface area contributed by atoms with Gasteiger partial charge in [-0.3, -0.25) is 14.4 Å². The van der Waals surface area contributed by atoms with Crippen LogP contribution in [0.4, 0.5) is 0 Å². The fraction of sp³-hybridized carbons (Fsp3) is 0.385. The van der Waals surface area contributed by atoms with Gasteiger partial charge in [-0.25, -0.2) is 0 Å². The molecule has 2 aliphatic rings. The lowest BCUT2D eigenvalue weighted by atomic mass is 9.55. The Bertz CT molecular complexity index is 1350. The number of benzene rings is 1. The summed E-state index contributed by atoms with van der Waals surface area (Å²) in [7, 11) is 3.84. The van der Waals surface area contributed by atoms with Gasteiger partial charge in [0.2, 0.25) is 0 Å². The maximum Gasteiger partial charge on any atom is 0.279 e. The van der Waals surface area contributed by atoms with E-state index in [-0.39, 0.29) is 11.0 Å². The molecule has 3 aromatic rings. The SMILES string of the molecule is C=CN(C)C(=NC)C1(c2cccc(-n3cc(Cl)c4c(Cl)c(CC)[nH]c4c3=O)c2)CC2(CC2)C1. The second-order valence-electron chi connectivity index (χ2n) is 9.50. The molecule has 1 N–H and O–H groups in total. The Morgan fingerprint density at radius 1 is 1.33 bits per heavy atom. The molecule has 5 nitrogen and oxygen atoms in total. The number of hydrogen-bond donors (Lipinski definition) is 1. The summed E-state index contributed by atoms with van der Waals surface area (Å²) < 4.78 is 1.61. The maximum atomic E-state index is 13.4. The molecule has 1 spiro atoms. The minimum atomic E-state index is -0.188. The molecule has 0 radical (unpaired) electrons. The fourth-order valence-corrected chi connectivity index (χ4v) is 6.42. The lowest BCUT2D eigenvalue weighted by Gasteiger charge is -2.51. The number of nitrogens with one attached hydrogen (secondary N) is 1. The molecular weight excluding hydrogens is 455 g/mol. The third kappa shape index (κ3) is 3.28. The number of pyridine rings is 1. The highest BCUT2D eigenvalue weighted by atomic mass is 35.5. The van der Waals surface area contributed by atoms with Crippen LogP contribution in [-0.4, -0.2) is 34.4 Å². The molecule has 2 heterocycles. The number of rotatable bonds is 5. The molecule has 0 unspecified atom stereocenters.